The molecule has 0 aliphatic carbocycles. The van der Waals surface area contributed by atoms with Gasteiger partial charge in [0.2, 0.25) is 0 Å². The van der Waals surface area contributed by atoms with E-state index < -0.39 is 0 Å². The number of benzene rings is 1. The summed E-state index contributed by atoms with van der Waals surface area (Å²) in [6, 6.07) is 10.6. The molecule has 112 valence electrons. The van der Waals surface area contributed by atoms with Crippen LogP contribution in [-0.4, -0.2) is 38.1 Å². The maximum atomic E-state index is 12.0. The van der Waals surface area contributed by atoms with Crippen molar-refractivity contribution in [1.82, 2.24) is 4.90 Å². The summed E-state index contributed by atoms with van der Waals surface area (Å²) >= 11 is 3.17. The molecule has 0 fully saturated rings. The highest BCUT2D eigenvalue weighted by Crippen LogP contribution is 2.17. The monoisotopic (exact) mass is 353 g/mol. The van der Waals surface area contributed by atoms with Crippen molar-refractivity contribution >= 4 is 21.8 Å². The lowest BCUT2D eigenvalue weighted by Crippen LogP contribution is -2.30. The van der Waals surface area contributed by atoms with Gasteiger partial charge in [-0.3, -0.25) is 4.79 Å². The van der Waals surface area contributed by atoms with Crippen LogP contribution in [0.1, 0.15) is 10.6 Å². The molecule has 1 heterocycles. The molecule has 0 unspecified atom stereocenters. The molecular formula is C15H16BrNO4. The van der Waals surface area contributed by atoms with Gasteiger partial charge in [0.15, 0.2) is 10.4 Å². The molecule has 0 atom stereocenters. The van der Waals surface area contributed by atoms with Crippen LogP contribution in [0.4, 0.5) is 0 Å². The summed E-state index contributed by atoms with van der Waals surface area (Å²) in [6.07, 6.45) is 0. The highest BCUT2D eigenvalue weighted by Gasteiger charge is 2.15. The summed E-state index contributed by atoms with van der Waals surface area (Å²) in [4.78, 5) is 13.6. The molecule has 2 rings (SSSR count). The number of hydrogen-bond acceptors (Lipinski definition) is 4. The van der Waals surface area contributed by atoms with Crippen LogP contribution in [0.3, 0.4) is 0 Å². The first-order chi connectivity index (χ1) is 10.1. The van der Waals surface area contributed by atoms with Crippen molar-refractivity contribution in [3.63, 3.8) is 0 Å². The van der Waals surface area contributed by atoms with Gasteiger partial charge in [0, 0.05) is 7.05 Å². The molecule has 0 aliphatic rings. The van der Waals surface area contributed by atoms with Gasteiger partial charge in [-0.25, -0.2) is 0 Å². The van der Waals surface area contributed by atoms with E-state index in [-0.39, 0.29) is 5.91 Å². The van der Waals surface area contributed by atoms with Crippen LogP contribution < -0.4 is 9.47 Å². The van der Waals surface area contributed by atoms with Crippen LogP contribution in [-0.2, 0) is 0 Å². The Balaban J connectivity index is 1.80. The summed E-state index contributed by atoms with van der Waals surface area (Å²) in [5.74, 6) is 1.63. The van der Waals surface area contributed by atoms with Crippen LogP contribution in [0.25, 0.3) is 0 Å². The van der Waals surface area contributed by atoms with Gasteiger partial charge in [-0.2, -0.15) is 0 Å². The third-order valence-electron chi connectivity index (χ3n) is 2.89. The lowest BCUT2D eigenvalue weighted by atomic mass is 10.3. The van der Waals surface area contributed by atoms with Crippen LogP contribution in [0.2, 0.25) is 0 Å². The van der Waals surface area contributed by atoms with Gasteiger partial charge in [0.1, 0.15) is 18.1 Å². The van der Waals surface area contributed by atoms with Crippen molar-refractivity contribution < 1.29 is 18.7 Å². The average Bonchev–Trinajstić information content (AvgIpc) is 2.93. The fraction of sp³-hybridized carbons (Fsp3) is 0.267. The Bertz CT molecular complexity index is 594. The normalized spacial score (nSPS) is 10.2. The number of amides is 1. The van der Waals surface area contributed by atoms with Crippen LogP contribution in [0.15, 0.2) is 45.5 Å². The van der Waals surface area contributed by atoms with E-state index in [4.69, 9.17) is 13.9 Å². The minimum Gasteiger partial charge on any atom is -0.497 e. The van der Waals surface area contributed by atoms with Gasteiger partial charge < -0.3 is 18.8 Å². The van der Waals surface area contributed by atoms with Crippen LogP contribution in [0, 0.1) is 0 Å². The number of furan rings is 1. The number of halogens is 1. The summed E-state index contributed by atoms with van der Waals surface area (Å²) < 4.78 is 16.4. The summed E-state index contributed by atoms with van der Waals surface area (Å²) in [6.45, 7) is 0.861. The van der Waals surface area contributed by atoms with E-state index in [1.807, 2.05) is 24.3 Å². The minimum atomic E-state index is -0.181. The van der Waals surface area contributed by atoms with Gasteiger partial charge in [0.05, 0.1) is 13.7 Å². The second-order valence-electron chi connectivity index (χ2n) is 4.35. The number of rotatable bonds is 6. The first-order valence-electron chi connectivity index (χ1n) is 6.38. The molecule has 0 spiro atoms. The lowest BCUT2D eigenvalue weighted by Gasteiger charge is -2.16. The Morgan fingerprint density at radius 3 is 2.43 bits per heavy atom. The maximum absolute atomic E-state index is 12.0. The third-order valence-corrected chi connectivity index (χ3v) is 3.31. The van der Waals surface area contributed by atoms with E-state index in [1.54, 1.807) is 31.2 Å². The molecule has 1 aromatic heterocycles. The summed E-state index contributed by atoms with van der Waals surface area (Å²) in [5.41, 5.74) is 0. The van der Waals surface area contributed by atoms with E-state index in [1.165, 1.54) is 0 Å². The first-order valence-corrected chi connectivity index (χ1v) is 7.17. The van der Waals surface area contributed by atoms with E-state index in [9.17, 15) is 4.79 Å². The van der Waals surface area contributed by atoms with E-state index in [0.717, 1.165) is 11.5 Å². The molecule has 1 aromatic carbocycles. The van der Waals surface area contributed by atoms with Gasteiger partial charge in [-0.05, 0) is 52.3 Å². The molecule has 0 aliphatic heterocycles. The highest BCUT2D eigenvalue weighted by atomic mass is 79.9. The lowest BCUT2D eigenvalue weighted by molar-refractivity contribution is 0.0741. The topological polar surface area (TPSA) is 51.9 Å². The Kier molecular flexibility index (Phi) is 5.27. The molecule has 5 nitrogen and oxygen atoms in total. The predicted octanol–water partition coefficient (Wildman–Crippen LogP) is 3.20. The first kappa shape index (κ1) is 15.4. The van der Waals surface area contributed by atoms with Crippen molar-refractivity contribution in [2.24, 2.45) is 0 Å². The SMILES string of the molecule is COc1ccc(OCCN(C)C(=O)c2ccc(Br)o2)cc1. The molecule has 0 radical (unpaired) electrons. The van der Waals surface area contributed by atoms with Crippen molar-refractivity contribution in [3.8, 4) is 11.5 Å². The van der Waals surface area contributed by atoms with Crippen LogP contribution in [0.5, 0.6) is 11.5 Å². The molecule has 2 aromatic rings. The summed E-state index contributed by atoms with van der Waals surface area (Å²) in [5, 5.41) is 0. The third kappa shape index (κ3) is 4.26. The fourth-order valence-electron chi connectivity index (χ4n) is 1.69. The number of carbonyl (C=O) groups excluding carboxylic acids is 1. The molecule has 0 saturated heterocycles. The summed E-state index contributed by atoms with van der Waals surface area (Å²) in [7, 11) is 3.32. The number of nitrogens with zero attached hydrogens (tertiary/aromatic N) is 1. The van der Waals surface area contributed by atoms with Gasteiger partial charge in [0.25, 0.3) is 5.91 Å². The second-order valence-corrected chi connectivity index (χ2v) is 5.14. The van der Waals surface area contributed by atoms with Gasteiger partial charge in [-0.15, -0.1) is 0 Å². The smallest absolute Gasteiger partial charge is 0.289 e. The standard InChI is InChI=1S/C15H16BrNO4/c1-17(15(18)13-7-8-14(16)21-13)9-10-20-12-5-3-11(19-2)4-6-12/h3-8H,9-10H2,1-2H3. The predicted molar refractivity (Wildman–Crippen MR) is 81.9 cm³/mol. The number of carbonyl (C=O) groups is 1. The second kappa shape index (κ2) is 7.17. The fourth-order valence-corrected chi connectivity index (χ4v) is 2.00. The average molecular weight is 354 g/mol. The number of likely N-dealkylation sites (N-methyl/N-ethyl adjacent to an activating group) is 1. The molecule has 0 bridgehead atoms. The number of ether oxygens (including phenoxy) is 2. The van der Waals surface area contributed by atoms with Crippen LogP contribution >= 0.6 is 15.9 Å². The van der Waals surface area contributed by atoms with Crippen molar-refractivity contribution in [2.45, 2.75) is 0 Å². The molecular weight excluding hydrogens is 338 g/mol. The zero-order chi connectivity index (χ0) is 15.2. The molecule has 0 N–H and O–H groups in total. The number of hydrogen-bond donors (Lipinski definition) is 0. The Labute approximate surface area is 131 Å². The number of methoxy groups -OCH3 is 1. The van der Waals surface area contributed by atoms with Gasteiger partial charge >= 0.3 is 0 Å². The molecule has 6 heteroatoms. The van der Waals surface area contributed by atoms with Gasteiger partial charge in [-0.1, -0.05) is 0 Å². The highest BCUT2D eigenvalue weighted by molar-refractivity contribution is 9.10. The van der Waals surface area contributed by atoms with Crippen molar-refractivity contribution in [3.05, 3.63) is 46.8 Å². The largest absolute Gasteiger partial charge is 0.497 e. The van der Waals surface area contributed by atoms with E-state index in [2.05, 4.69) is 15.9 Å². The minimum absolute atomic E-state index is 0.181. The molecule has 21 heavy (non-hydrogen) atoms. The maximum Gasteiger partial charge on any atom is 0.289 e. The quantitative estimate of drug-likeness (QED) is 0.800. The van der Waals surface area contributed by atoms with E-state index >= 15 is 0 Å². The molecule has 0 saturated carbocycles. The zero-order valence-electron chi connectivity index (χ0n) is 11.8. The van der Waals surface area contributed by atoms with Crippen molar-refractivity contribution in [1.29, 1.82) is 0 Å². The Hall–Kier alpha value is -1.95. The van der Waals surface area contributed by atoms with Crippen molar-refractivity contribution in [2.75, 3.05) is 27.3 Å². The molecule has 1 amide bonds. The van der Waals surface area contributed by atoms with E-state index in [0.29, 0.717) is 23.6 Å². The Morgan fingerprint density at radius 1 is 1.19 bits per heavy atom. The Morgan fingerprint density at radius 2 is 1.86 bits per heavy atom. The zero-order valence-corrected chi connectivity index (χ0v) is 13.4.